The third-order valence-corrected chi connectivity index (χ3v) is 3.14. The van der Waals surface area contributed by atoms with Crippen molar-refractivity contribution in [1.82, 2.24) is 9.55 Å². The van der Waals surface area contributed by atoms with Crippen molar-refractivity contribution in [2.75, 3.05) is 5.32 Å². The van der Waals surface area contributed by atoms with Crippen LogP contribution in [-0.2, 0) is 0 Å². The van der Waals surface area contributed by atoms with Crippen molar-refractivity contribution in [3.05, 3.63) is 72.1 Å². The van der Waals surface area contributed by atoms with Crippen molar-refractivity contribution in [3.63, 3.8) is 0 Å². The monoisotopic (exact) mass is 263 g/mol. The Morgan fingerprint density at radius 2 is 1.75 bits per heavy atom. The van der Waals surface area contributed by atoms with Gasteiger partial charge >= 0.3 is 0 Å². The summed E-state index contributed by atoms with van der Waals surface area (Å²) in [6.07, 6.45) is 2.04. The van der Waals surface area contributed by atoms with E-state index < -0.39 is 0 Å². The number of para-hydroxylation sites is 1. The molecule has 1 aromatic heterocycles. The summed E-state index contributed by atoms with van der Waals surface area (Å²) < 4.78 is 2.08. The van der Waals surface area contributed by atoms with Crippen molar-refractivity contribution < 1.29 is 0 Å². The van der Waals surface area contributed by atoms with E-state index in [0.717, 1.165) is 23.0 Å². The normalized spacial score (nSPS) is 10.5. The van der Waals surface area contributed by atoms with Crippen molar-refractivity contribution in [1.29, 1.82) is 0 Å². The molecule has 100 valence electrons. The molecule has 0 unspecified atom stereocenters. The van der Waals surface area contributed by atoms with Crippen molar-refractivity contribution >= 4 is 11.6 Å². The molecule has 20 heavy (non-hydrogen) atoms. The van der Waals surface area contributed by atoms with Crippen LogP contribution in [0.3, 0.4) is 0 Å². The van der Waals surface area contributed by atoms with Crippen LogP contribution in [0.5, 0.6) is 0 Å². The Balaban J connectivity index is 2.00. The first-order valence-corrected chi connectivity index (χ1v) is 6.67. The number of nitrogens with zero attached hydrogens (tertiary/aromatic N) is 2. The minimum absolute atomic E-state index is 0.833. The molecular weight excluding hydrogens is 246 g/mol. The molecule has 3 nitrogen and oxygen atoms in total. The van der Waals surface area contributed by atoms with E-state index in [9.17, 15) is 0 Å². The Hall–Kier alpha value is -2.55. The summed E-state index contributed by atoms with van der Waals surface area (Å²) in [4.78, 5) is 4.56. The molecule has 3 rings (SSSR count). The second-order valence-corrected chi connectivity index (χ2v) is 4.91. The van der Waals surface area contributed by atoms with Gasteiger partial charge in [0.2, 0.25) is 5.95 Å². The molecule has 0 spiro atoms. The summed E-state index contributed by atoms with van der Waals surface area (Å²) in [5.41, 5.74) is 4.38. The minimum atomic E-state index is 0.833. The quantitative estimate of drug-likeness (QED) is 0.766. The van der Waals surface area contributed by atoms with Crippen LogP contribution in [0, 0.1) is 13.8 Å². The van der Waals surface area contributed by atoms with Crippen molar-refractivity contribution in [3.8, 4) is 5.69 Å². The number of hydrogen-bond donors (Lipinski definition) is 1. The number of benzene rings is 2. The summed E-state index contributed by atoms with van der Waals surface area (Å²) in [5.74, 6) is 0.833. The standard InChI is InChI=1S/C17H17N3/c1-13-7-6-10-16(11-13)20-12-14(2)18-17(20)19-15-8-4-3-5-9-15/h3-12H,1-2H3,(H,18,19). The van der Waals surface area contributed by atoms with Crippen LogP contribution in [-0.4, -0.2) is 9.55 Å². The zero-order valence-electron chi connectivity index (χ0n) is 11.7. The summed E-state index contributed by atoms with van der Waals surface area (Å²) in [6.45, 7) is 4.10. The van der Waals surface area contributed by atoms with Gasteiger partial charge in [-0.3, -0.25) is 4.57 Å². The van der Waals surface area contributed by atoms with Gasteiger partial charge in [-0.25, -0.2) is 4.98 Å². The van der Waals surface area contributed by atoms with Crippen LogP contribution in [0.15, 0.2) is 60.8 Å². The minimum Gasteiger partial charge on any atom is -0.325 e. The van der Waals surface area contributed by atoms with Gasteiger partial charge in [0.15, 0.2) is 0 Å². The number of imidazole rings is 1. The number of aromatic nitrogens is 2. The van der Waals surface area contributed by atoms with E-state index >= 15 is 0 Å². The van der Waals surface area contributed by atoms with Crippen molar-refractivity contribution in [2.45, 2.75) is 13.8 Å². The van der Waals surface area contributed by atoms with Gasteiger partial charge in [0.05, 0.1) is 5.69 Å². The van der Waals surface area contributed by atoms with Crippen LogP contribution in [0.4, 0.5) is 11.6 Å². The highest BCUT2D eigenvalue weighted by Gasteiger charge is 2.07. The Labute approximate surface area is 118 Å². The van der Waals surface area contributed by atoms with Gasteiger partial charge in [0, 0.05) is 17.6 Å². The summed E-state index contributed by atoms with van der Waals surface area (Å²) in [6, 6.07) is 18.5. The number of hydrogen-bond acceptors (Lipinski definition) is 2. The first-order valence-electron chi connectivity index (χ1n) is 6.67. The average molecular weight is 263 g/mol. The third kappa shape index (κ3) is 2.57. The molecule has 3 heteroatoms. The zero-order chi connectivity index (χ0) is 13.9. The highest BCUT2D eigenvalue weighted by atomic mass is 15.2. The Morgan fingerprint density at radius 1 is 0.950 bits per heavy atom. The van der Waals surface area contributed by atoms with E-state index in [4.69, 9.17) is 0 Å². The molecule has 0 aliphatic rings. The van der Waals surface area contributed by atoms with Crippen LogP contribution in [0.1, 0.15) is 11.3 Å². The molecule has 0 aliphatic heterocycles. The van der Waals surface area contributed by atoms with E-state index in [1.807, 2.05) is 43.5 Å². The smallest absolute Gasteiger partial charge is 0.212 e. The molecule has 1 N–H and O–H groups in total. The van der Waals surface area contributed by atoms with Gasteiger partial charge in [-0.2, -0.15) is 0 Å². The lowest BCUT2D eigenvalue weighted by atomic mass is 10.2. The largest absolute Gasteiger partial charge is 0.325 e. The van der Waals surface area contributed by atoms with E-state index in [-0.39, 0.29) is 0 Å². The third-order valence-electron chi connectivity index (χ3n) is 3.14. The van der Waals surface area contributed by atoms with E-state index in [2.05, 4.69) is 46.1 Å². The maximum atomic E-state index is 4.56. The van der Waals surface area contributed by atoms with Gasteiger partial charge in [-0.05, 0) is 43.7 Å². The van der Waals surface area contributed by atoms with Gasteiger partial charge in [-0.1, -0.05) is 30.3 Å². The van der Waals surface area contributed by atoms with Gasteiger partial charge in [0.1, 0.15) is 0 Å². The molecule has 0 saturated heterocycles. The van der Waals surface area contributed by atoms with Crippen molar-refractivity contribution in [2.24, 2.45) is 0 Å². The summed E-state index contributed by atoms with van der Waals surface area (Å²) >= 11 is 0. The Bertz CT molecular complexity index is 714. The van der Waals surface area contributed by atoms with Crippen LogP contribution >= 0.6 is 0 Å². The predicted octanol–water partition coefficient (Wildman–Crippen LogP) is 4.23. The molecule has 0 radical (unpaired) electrons. The SMILES string of the molecule is Cc1cccc(-n2cc(C)nc2Nc2ccccc2)c1. The van der Waals surface area contributed by atoms with E-state index in [1.165, 1.54) is 5.56 Å². The maximum absolute atomic E-state index is 4.56. The Morgan fingerprint density at radius 3 is 2.50 bits per heavy atom. The lowest BCUT2D eigenvalue weighted by Gasteiger charge is -2.10. The molecule has 3 aromatic rings. The van der Waals surface area contributed by atoms with Gasteiger partial charge in [0.25, 0.3) is 0 Å². The molecule has 0 amide bonds. The second kappa shape index (κ2) is 5.21. The molecular formula is C17H17N3. The van der Waals surface area contributed by atoms with Crippen LogP contribution in [0.25, 0.3) is 5.69 Å². The molecule has 0 aliphatic carbocycles. The molecule has 0 bridgehead atoms. The average Bonchev–Trinajstić information content (AvgIpc) is 2.81. The number of rotatable bonds is 3. The molecule has 0 atom stereocenters. The predicted molar refractivity (Wildman–Crippen MR) is 82.8 cm³/mol. The highest BCUT2D eigenvalue weighted by molar-refractivity contribution is 5.56. The molecule has 2 aromatic carbocycles. The van der Waals surface area contributed by atoms with Crippen LogP contribution in [0.2, 0.25) is 0 Å². The summed E-state index contributed by atoms with van der Waals surface area (Å²) in [5, 5.41) is 3.36. The van der Waals surface area contributed by atoms with Gasteiger partial charge in [-0.15, -0.1) is 0 Å². The topological polar surface area (TPSA) is 29.9 Å². The summed E-state index contributed by atoms with van der Waals surface area (Å²) in [7, 11) is 0. The number of anilines is 2. The number of nitrogens with one attached hydrogen (secondary N) is 1. The van der Waals surface area contributed by atoms with E-state index in [1.54, 1.807) is 0 Å². The lowest BCUT2D eigenvalue weighted by molar-refractivity contribution is 1.06. The molecule has 0 saturated carbocycles. The lowest BCUT2D eigenvalue weighted by Crippen LogP contribution is -2.01. The number of aryl methyl sites for hydroxylation is 2. The first-order chi connectivity index (χ1) is 9.72. The fourth-order valence-electron chi connectivity index (χ4n) is 2.21. The maximum Gasteiger partial charge on any atom is 0.212 e. The Kier molecular flexibility index (Phi) is 3.25. The fraction of sp³-hybridized carbons (Fsp3) is 0.118. The van der Waals surface area contributed by atoms with Crippen LogP contribution < -0.4 is 5.32 Å². The highest BCUT2D eigenvalue weighted by Crippen LogP contribution is 2.21. The molecule has 0 fully saturated rings. The fourth-order valence-corrected chi connectivity index (χ4v) is 2.21. The second-order valence-electron chi connectivity index (χ2n) is 4.91. The van der Waals surface area contributed by atoms with E-state index in [0.29, 0.717) is 0 Å². The first kappa shape index (κ1) is 12.5. The molecule has 1 heterocycles. The zero-order valence-corrected chi connectivity index (χ0v) is 11.7. The van der Waals surface area contributed by atoms with Gasteiger partial charge < -0.3 is 5.32 Å².